The highest BCUT2D eigenvalue weighted by molar-refractivity contribution is 9.10. The second kappa shape index (κ2) is 12.9. The summed E-state index contributed by atoms with van der Waals surface area (Å²) in [6.07, 6.45) is 3.40. The van der Waals surface area contributed by atoms with Crippen molar-refractivity contribution in [3.63, 3.8) is 0 Å². The summed E-state index contributed by atoms with van der Waals surface area (Å²) in [7, 11) is 0. The van der Waals surface area contributed by atoms with E-state index in [1.54, 1.807) is 41.2 Å². The Bertz CT molecular complexity index is 1550. The predicted molar refractivity (Wildman–Crippen MR) is 149 cm³/mol. The van der Waals surface area contributed by atoms with Crippen molar-refractivity contribution >= 4 is 49.1 Å². The predicted octanol–water partition coefficient (Wildman–Crippen LogP) is 5.18. The molecule has 0 unspecified atom stereocenters. The normalized spacial score (nSPS) is 10.2. The molecule has 0 spiro atoms. The van der Waals surface area contributed by atoms with Gasteiger partial charge in [0.15, 0.2) is 0 Å². The number of nitro benzene ring substituents is 1. The summed E-state index contributed by atoms with van der Waals surface area (Å²) in [5.74, 6) is -0.114. The van der Waals surface area contributed by atoms with Gasteiger partial charge in [0.05, 0.1) is 18.0 Å². The van der Waals surface area contributed by atoms with Crippen molar-refractivity contribution in [2.24, 2.45) is 0 Å². The molecule has 0 fully saturated rings. The maximum atomic E-state index is 11.7. The number of pyridine rings is 2. The molecule has 4 aromatic rings. The first-order chi connectivity index (χ1) is 17.6. The van der Waals surface area contributed by atoms with Crippen LogP contribution < -0.4 is 16.4 Å². The number of nitrogens with zero attached hydrogens (tertiary/aromatic N) is 3. The maximum Gasteiger partial charge on any atom is 0.269 e. The zero-order chi connectivity index (χ0) is 26.9. The Morgan fingerprint density at radius 2 is 1.35 bits per heavy atom. The van der Waals surface area contributed by atoms with Gasteiger partial charge in [0.1, 0.15) is 0 Å². The number of amides is 1. The van der Waals surface area contributed by atoms with Gasteiger partial charge >= 0.3 is 0 Å². The van der Waals surface area contributed by atoms with Gasteiger partial charge < -0.3 is 14.5 Å². The summed E-state index contributed by atoms with van der Waals surface area (Å²) in [6.45, 7) is 2.23. The second-order valence-corrected chi connectivity index (χ2v) is 9.77. The van der Waals surface area contributed by atoms with Gasteiger partial charge in [0, 0.05) is 58.2 Å². The molecule has 0 radical (unpaired) electrons. The Morgan fingerprint density at radius 1 is 0.838 bits per heavy atom. The minimum atomic E-state index is -0.451. The molecule has 9 nitrogen and oxygen atoms in total. The number of non-ortho nitro benzene ring substituents is 1. The lowest BCUT2D eigenvalue weighted by atomic mass is 10.2. The third-order valence-corrected chi connectivity index (χ3v) is 5.91. The van der Waals surface area contributed by atoms with Crippen LogP contribution in [-0.4, -0.2) is 20.0 Å². The van der Waals surface area contributed by atoms with E-state index in [1.165, 1.54) is 35.8 Å². The number of hydrogen-bond donors (Lipinski definition) is 1. The van der Waals surface area contributed by atoms with Crippen LogP contribution in [0, 0.1) is 10.1 Å². The van der Waals surface area contributed by atoms with E-state index in [0.29, 0.717) is 18.7 Å². The van der Waals surface area contributed by atoms with E-state index in [4.69, 9.17) is 0 Å². The van der Waals surface area contributed by atoms with Crippen molar-refractivity contribution in [1.82, 2.24) is 9.13 Å². The number of carbonyl (C=O) groups is 1. The maximum absolute atomic E-state index is 11.7. The highest BCUT2D eigenvalue weighted by Crippen LogP contribution is 2.15. The SMILES string of the molecule is CC(=O)Nc1cccc(Cn2cc(Br)ccc2=O)c1.O=c1ccc(Br)cn1Cc1cccc([N+](=O)[O-])c1. The van der Waals surface area contributed by atoms with Crippen molar-refractivity contribution in [2.45, 2.75) is 20.0 Å². The summed E-state index contributed by atoms with van der Waals surface area (Å²) in [4.78, 5) is 44.5. The molecule has 0 saturated heterocycles. The summed E-state index contributed by atoms with van der Waals surface area (Å²) in [5.41, 5.74) is 2.21. The molecule has 1 amide bonds. The van der Waals surface area contributed by atoms with E-state index >= 15 is 0 Å². The van der Waals surface area contributed by atoms with Crippen LogP contribution in [0.25, 0.3) is 0 Å². The molecule has 190 valence electrons. The summed E-state index contributed by atoms with van der Waals surface area (Å²) in [6, 6.07) is 20.0. The molecular formula is C26H22Br2N4O5. The van der Waals surface area contributed by atoms with Crippen LogP contribution in [0.1, 0.15) is 18.1 Å². The lowest BCUT2D eigenvalue weighted by Gasteiger charge is -2.08. The fourth-order valence-electron chi connectivity index (χ4n) is 3.36. The van der Waals surface area contributed by atoms with E-state index in [1.807, 2.05) is 24.3 Å². The van der Waals surface area contributed by atoms with Crippen molar-refractivity contribution in [3.8, 4) is 0 Å². The third-order valence-electron chi connectivity index (χ3n) is 4.97. The van der Waals surface area contributed by atoms with Crippen LogP contribution in [0.2, 0.25) is 0 Å². The number of carbonyl (C=O) groups excluding carboxylic acids is 1. The van der Waals surface area contributed by atoms with Crippen LogP contribution in [0.3, 0.4) is 0 Å². The number of nitro groups is 1. The van der Waals surface area contributed by atoms with Crippen molar-refractivity contribution < 1.29 is 9.72 Å². The molecule has 0 saturated carbocycles. The topological polar surface area (TPSA) is 116 Å². The van der Waals surface area contributed by atoms with Crippen molar-refractivity contribution in [2.75, 3.05) is 5.32 Å². The van der Waals surface area contributed by atoms with Gasteiger partial charge in [-0.15, -0.1) is 0 Å². The molecule has 2 aromatic heterocycles. The van der Waals surface area contributed by atoms with E-state index < -0.39 is 4.92 Å². The number of rotatable bonds is 6. The lowest BCUT2D eigenvalue weighted by molar-refractivity contribution is -0.384. The molecule has 1 N–H and O–H groups in total. The van der Waals surface area contributed by atoms with Crippen LogP contribution in [0.15, 0.2) is 104 Å². The van der Waals surface area contributed by atoms with Crippen molar-refractivity contribution in [1.29, 1.82) is 0 Å². The Labute approximate surface area is 228 Å². The summed E-state index contributed by atoms with van der Waals surface area (Å²) < 4.78 is 4.73. The fourth-order valence-corrected chi connectivity index (χ4v) is 4.12. The number of anilines is 1. The molecule has 0 aliphatic rings. The van der Waals surface area contributed by atoms with Crippen LogP contribution in [-0.2, 0) is 17.9 Å². The van der Waals surface area contributed by atoms with E-state index in [2.05, 4.69) is 37.2 Å². The highest BCUT2D eigenvalue weighted by Gasteiger charge is 2.07. The molecule has 2 aromatic carbocycles. The van der Waals surface area contributed by atoms with Gasteiger partial charge in [-0.1, -0.05) is 24.3 Å². The molecule has 0 atom stereocenters. The minimum Gasteiger partial charge on any atom is -0.326 e. The van der Waals surface area contributed by atoms with Gasteiger partial charge in [-0.3, -0.25) is 24.5 Å². The number of hydrogen-bond acceptors (Lipinski definition) is 5. The number of nitrogens with one attached hydrogen (secondary N) is 1. The molecule has 2 heterocycles. The van der Waals surface area contributed by atoms with Gasteiger partial charge in [-0.05, 0) is 67.3 Å². The molecule has 11 heteroatoms. The van der Waals surface area contributed by atoms with E-state index in [0.717, 1.165) is 20.2 Å². The Hall–Kier alpha value is -3.83. The Morgan fingerprint density at radius 3 is 1.86 bits per heavy atom. The quantitative estimate of drug-likeness (QED) is 0.233. The zero-order valence-corrected chi connectivity index (χ0v) is 22.8. The fraction of sp³-hybridized carbons (Fsp3) is 0.115. The molecule has 0 aliphatic heterocycles. The Kier molecular flexibility index (Phi) is 9.70. The average Bonchev–Trinajstić information content (AvgIpc) is 2.84. The number of benzene rings is 2. The zero-order valence-electron chi connectivity index (χ0n) is 19.6. The van der Waals surface area contributed by atoms with E-state index in [9.17, 15) is 24.5 Å². The van der Waals surface area contributed by atoms with Crippen LogP contribution in [0.4, 0.5) is 11.4 Å². The van der Waals surface area contributed by atoms with Gasteiger partial charge in [0.2, 0.25) is 5.91 Å². The first kappa shape index (κ1) is 27.8. The molecule has 37 heavy (non-hydrogen) atoms. The Balaban J connectivity index is 0.000000206. The molecular weight excluding hydrogens is 608 g/mol. The first-order valence-corrected chi connectivity index (χ1v) is 12.5. The largest absolute Gasteiger partial charge is 0.326 e. The average molecular weight is 630 g/mol. The number of aromatic nitrogens is 2. The summed E-state index contributed by atoms with van der Waals surface area (Å²) >= 11 is 6.62. The summed E-state index contributed by atoms with van der Waals surface area (Å²) in [5, 5.41) is 13.4. The van der Waals surface area contributed by atoms with E-state index in [-0.39, 0.29) is 22.7 Å². The van der Waals surface area contributed by atoms with Crippen molar-refractivity contribution in [3.05, 3.63) is 136 Å². The third kappa shape index (κ3) is 8.65. The molecule has 4 rings (SSSR count). The molecule has 0 aliphatic carbocycles. The van der Waals surface area contributed by atoms with Gasteiger partial charge in [-0.2, -0.15) is 0 Å². The van der Waals surface area contributed by atoms with Gasteiger partial charge in [-0.25, -0.2) is 0 Å². The smallest absolute Gasteiger partial charge is 0.269 e. The number of halogens is 2. The standard InChI is InChI=1S/C14H13BrN2O2.C12H9BrN2O3/c1-10(18)16-13-4-2-3-11(7-13)8-17-9-12(15)5-6-14(17)19;13-10-4-5-12(16)14(8-10)7-9-2-1-3-11(6-9)15(17)18/h2-7,9H,8H2,1H3,(H,16,18);1-6,8H,7H2. The monoisotopic (exact) mass is 628 g/mol. The second-order valence-electron chi connectivity index (χ2n) is 7.94. The van der Waals surface area contributed by atoms with Gasteiger partial charge in [0.25, 0.3) is 16.8 Å². The molecule has 0 bridgehead atoms. The van der Waals surface area contributed by atoms with Crippen LogP contribution >= 0.6 is 31.9 Å². The lowest BCUT2D eigenvalue weighted by Crippen LogP contribution is -2.18. The minimum absolute atomic E-state index is 0.0237. The first-order valence-electron chi connectivity index (χ1n) is 10.9. The van der Waals surface area contributed by atoms with Crippen LogP contribution in [0.5, 0.6) is 0 Å². The highest BCUT2D eigenvalue weighted by atomic mass is 79.9.